The van der Waals surface area contributed by atoms with Gasteiger partial charge in [0.05, 0.1) is 19.4 Å². The van der Waals surface area contributed by atoms with Crippen LogP contribution in [0.3, 0.4) is 0 Å². The van der Waals surface area contributed by atoms with Gasteiger partial charge in [-0.05, 0) is 81.6 Å². The van der Waals surface area contributed by atoms with Crippen LogP contribution in [0.25, 0.3) is 0 Å². The fourth-order valence-electron chi connectivity index (χ4n) is 6.06. The molecular weight excluding hydrogens is 708 g/mol. The number of carbonyl (C=O) groups is 8. The van der Waals surface area contributed by atoms with E-state index in [9.17, 15) is 38.4 Å². The second-order valence-electron chi connectivity index (χ2n) is 16.9. The number of rotatable bonds is 24. The molecule has 0 radical (unpaired) electrons. The van der Waals surface area contributed by atoms with Crippen molar-refractivity contribution in [2.45, 2.75) is 181 Å². The summed E-state index contributed by atoms with van der Waals surface area (Å²) in [6.07, 6.45) is 11.3. The Labute approximate surface area is 328 Å². The number of ketones is 1. The molecular formula is C40H70N6O9. The van der Waals surface area contributed by atoms with E-state index < -0.39 is 75.5 Å². The maximum absolute atomic E-state index is 13.5. The summed E-state index contributed by atoms with van der Waals surface area (Å²) >= 11 is 0. The minimum atomic E-state index is -1.56. The molecule has 0 bridgehead atoms. The van der Waals surface area contributed by atoms with Gasteiger partial charge in [0.1, 0.15) is 34.0 Å². The van der Waals surface area contributed by atoms with Crippen molar-refractivity contribution in [2.75, 3.05) is 20.2 Å². The Morgan fingerprint density at radius 1 is 0.636 bits per heavy atom. The van der Waals surface area contributed by atoms with Crippen LogP contribution in [0.5, 0.6) is 0 Å². The van der Waals surface area contributed by atoms with E-state index in [1.807, 2.05) is 0 Å². The van der Waals surface area contributed by atoms with Crippen LogP contribution >= 0.6 is 0 Å². The van der Waals surface area contributed by atoms with Crippen molar-refractivity contribution in [3.05, 3.63) is 0 Å². The highest BCUT2D eigenvalue weighted by Gasteiger charge is 2.44. The molecule has 1 heterocycles. The molecule has 0 spiro atoms. The second-order valence-corrected chi connectivity index (χ2v) is 16.9. The maximum atomic E-state index is 13.5. The van der Waals surface area contributed by atoms with Crippen LogP contribution in [0.1, 0.15) is 153 Å². The molecule has 1 aliphatic heterocycles. The van der Waals surface area contributed by atoms with Crippen LogP contribution in [0.15, 0.2) is 0 Å². The summed E-state index contributed by atoms with van der Waals surface area (Å²) in [5.41, 5.74) is -6.00. The highest BCUT2D eigenvalue weighted by atomic mass is 16.5. The first-order valence-corrected chi connectivity index (χ1v) is 19.9. The van der Waals surface area contributed by atoms with Gasteiger partial charge in [-0.2, -0.15) is 0 Å². The number of likely N-dealkylation sites (tertiary alicyclic amines) is 1. The number of esters is 1. The van der Waals surface area contributed by atoms with Gasteiger partial charge in [0, 0.05) is 19.5 Å². The zero-order valence-corrected chi connectivity index (χ0v) is 35.4. The Morgan fingerprint density at radius 3 is 1.55 bits per heavy atom. The molecule has 1 aliphatic rings. The first-order chi connectivity index (χ1) is 25.4. The maximum Gasteiger partial charge on any atom is 0.307 e. The molecule has 0 saturated carbocycles. The van der Waals surface area contributed by atoms with Crippen LogP contribution in [-0.4, -0.2) is 100 Å². The fraction of sp³-hybridized carbons (Fsp3) is 0.800. The van der Waals surface area contributed by atoms with Gasteiger partial charge in [0.2, 0.25) is 35.4 Å². The number of carbonyl (C=O) groups excluding carboxylic acids is 8. The van der Waals surface area contributed by atoms with E-state index in [0.717, 1.165) is 25.7 Å². The SMILES string of the molecule is CCCCCCCCCCCC(=O)[C@H](C)C(=O)N1CCC[C@H]1C(=O)NC(C)(C)C(=O)NC(C)(C)C(=O)NC(C)(C)C(=O)NC(C)(C)C(=O)NCCC(=O)OC. The van der Waals surface area contributed by atoms with E-state index in [4.69, 9.17) is 0 Å². The van der Waals surface area contributed by atoms with E-state index >= 15 is 0 Å². The Morgan fingerprint density at radius 2 is 1.07 bits per heavy atom. The largest absolute Gasteiger partial charge is 0.469 e. The highest BCUT2D eigenvalue weighted by Crippen LogP contribution is 2.23. The molecule has 15 heteroatoms. The minimum absolute atomic E-state index is 0.00630. The Kier molecular flexibility index (Phi) is 19.5. The van der Waals surface area contributed by atoms with Crippen LogP contribution in [0.4, 0.5) is 0 Å². The lowest BCUT2D eigenvalue weighted by Crippen LogP contribution is -2.68. The molecule has 0 aromatic rings. The van der Waals surface area contributed by atoms with Gasteiger partial charge < -0.3 is 36.2 Å². The van der Waals surface area contributed by atoms with Gasteiger partial charge in [-0.25, -0.2) is 0 Å². The lowest BCUT2D eigenvalue weighted by Gasteiger charge is -2.36. The molecule has 15 nitrogen and oxygen atoms in total. The molecule has 5 N–H and O–H groups in total. The highest BCUT2D eigenvalue weighted by molar-refractivity contribution is 6.03. The number of hydrogen-bond acceptors (Lipinski definition) is 9. The van der Waals surface area contributed by atoms with Crippen molar-refractivity contribution in [2.24, 2.45) is 5.92 Å². The third-order valence-corrected chi connectivity index (χ3v) is 10.0. The Hall–Kier alpha value is -4.04. The van der Waals surface area contributed by atoms with E-state index in [1.54, 1.807) is 6.92 Å². The quantitative estimate of drug-likeness (QED) is 0.0552. The Bertz CT molecular complexity index is 1370. The first kappa shape index (κ1) is 49.0. The van der Waals surface area contributed by atoms with Crippen LogP contribution in [0.2, 0.25) is 0 Å². The molecule has 6 amide bonds. The molecule has 1 saturated heterocycles. The number of ether oxygens (including phenoxy) is 1. The van der Waals surface area contributed by atoms with Gasteiger partial charge in [-0.3, -0.25) is 38.4 Å². The summed E-state index contributed by atoms with van der Waals surface area (Å²) in [5.74, 6) is -5.08. The van der Waals surface area contributed by atoms with Crippen molar-refractivity contribution in [3.8, 4) is 0 Å². The Balaban J connectivity index is 2.76. The number of Topliss-reactive ketones (excluding diaryl/α,β-unsaturated/α-hetero) is 1. The van der Waals surface area contributed by atoms with Crippen LogP contribution in [0, 0.1) is 5.92 Å². The van der Waals surface area contributed by atoms with E-state index in [0.29, 0.717) is 25.8 Å². The van der Waals surface area contributed by atoms with Crippen molar-refractivity contribution in [1.29, 1.82) is 0 Å². The predicted octanol–water partition coefficient (Wildman–Crippen LogP) is 3.36. The van der Waals surface area contributed by atoms with Gasteiger partial charge in [-0.1, -0.05) is 58.3 Å². The number of unbranched alkanes of at least 4 members (excludes halogenated alkanes) is 8. The molecule has 0 aliphatic carbocycles. The molecule has 1 fully saturated rings. The smallest absolute Gasteiger partial charge is 0.307 e. The molecule has 0 aromatic carbocycles. The first-order valence-electron chi connectivity index (χ1n) is 19.9. The molecule has 0 aromatic heterocycles. The fourth-order valence-corrected chi connectivity index (χ4v) is 6.06. The number of amides is 6. The normalized spacial score (nSPS) is 15.4. The van der Waals surface area contributed by atoms with Crippen molar-refractivity contribution >= 4 is 47.2 Å². The van der Waals surface area contributed by atoms with Crippen LogP contribution < -0.4 is 26.6 Å². The summed E-state index contributed by atoms with van der Waals surface area (Å²) in [5, 5.41) is 13.1. The van der Waals surface area contributed by atoms with Gasteiger partial charge in [-0.15, -0.1) is 0 Å². The van der Waals surface area contributed by atoms with E-state index in [2.05, 4.69) is 38.2 Å². The predicted molar refractivity (Wildman–Crippen MR) is 209 cm³/mol. The molecule has 55 heavy (non-hydrogen) atoms. The van der Waals surface area contributed by atoms with Gasteiger partial charge in [0.15, 0.2) is 0 Å². The standard InChI is InChI=1S/C40H70N6O9/c1-12-13-14-15-16-17-18-19-20-23-29(47)27(2)32(50)46-26-21-22-28(46)31(49)42-38(5,6)34(52)44-40(9,10)36(54)45-39(7,8)35(53)43-37(3,4)33(51)41-25-24-30(48)55-11/h27-28H,12-26H2,1-11H3,(H,41,51)(H,42,49)(H,43,53)(H,44,52)(H,45,54)/t27-,28-/m0/s1. The lowest BCUT2D eigenvalue weighted by atomic mass is 9.95. The zero-order valence-electron chi connectivity index (χ0n) is 35.4. The summed E-state index contributed by atoms with van der Waals surface area (Å²) < 4.78 is 4.55. The summed E-state index contributed by atoms with van der Waals surface area (Å²) in [7, 11) is 1.23. The third-order valence-electron chi connectivity index (χ3n) is 10.0. The summed E-state index contributed by atoms with van der Waals surface area (Å²) in [4.78, 5) is 105. The molecule has 0 unspecified atom stereocenters. The molecule has 2 atom stereocenters. The van der Waals surface area contributed by atoms with Crippen LogP contribution in [-0.2, 0) is 43.1 Å². The van der Waals surface area contributed by atoms with Crippen molar-refractivity contribution < 1.29 is 43.1 Å². The summed E-state index contributed by atoms with van der Waals surface area (Å²) in [6.45, 7) is 15.8. The second kappa shape index (κ2) is 21.9. The molecule has 314 valence electrons. The minimum Gasteiger partial charge on any atom is -0.469 e. The average Bonchev–Trinajstić information content (AvgIpc) is 3.59. The molecule has 1 rings (SSSR count). The monoisotopic (exact) mass is 779 g/mol. The number of methoxy groups -OCH3 is 1. The zero-order chi connectivity index (χ0) is 42.2. The van der Waals surface area contributed by atoms with Gasteiger partial charge in [0.25, 0.3) is 0 Å². The topological polar surface area (TPSA) is 209 Å². The van der Waals surface area contributed by atoms with Gasteiger partial charge >= 0.3 is 5.97 Å². The van der Waals surface area contributed by atoms with Crippen molar-refractivity contribution in [1.82, 2.24) is 31.5 Å². The summed E-state index contributed by atoms with van der Waals surface area (Å²) in [6, 6.07) is -0.850. The van der Waals surface area contributed by atoms with E-state index in [-0.39, 0.29) is 18.7 Å². The lowest BCUT2D eigenvalue weighted by molar-refractivity contribution is -0.146. The number of hydrogen-bond donors (Lipinski definition) is 5. The third kappa shape index (κ3) is 15.9. The number of nitrogens with zero attached hydrogens (tertiary/aromatic N) is 1. The average molecular weight is 779 g/mol. The van der Waals surface area contributed by atoms with Crippen molar-refractivity contribution in [3.63, 3.8) is 0 Å². The number of nitrogens with one attached hydrogen (secondary N) is 5. The van der Waals surface area contributed by atoms with E-state index in [1.165, 1.54) is 99.5 Å².